The molecule has 0 fully saturated rings. The zero-order chi connectivity index (χ0) is 14.3. The molecule has 2 N–H and O–H groups in total. The Morgan fingerprint density at radius 3 is 2.16 bits per heavy atom. The molecular formula is C15H27BrN2S. The lowest BCUT2D eigenvalue weighted by molar-refractivity contribution is 0.174. The van der Waals surface area contributed by atoms with E-state index in [4.69, 9.17) is 5.73 Å². The lowest BCUT2D eigenvalue weighted by Gasteiger charge is -2.33. The average molecular weight is 347 g/mol. The van der Waals surface area contributed by atoms with Crippen LogP contribution in [0.2, 0.25) is 0 Å². The number of halogens is 1. The maximum Gasteiger partial charge on any atom is 0.0702 e. The zero-order valence-electron chi connectivity index (χ0n) is 12.4. The molecule has 0 bridgehead atoms. The van der Waals surface area contributed by atoms with E-state index in [-0.39, 0.29) is 6.04 Å². The Bertz CT molecular complexity index is 344. The van der Waals surface area contributed by atoms with Crippen LogP contribution in [0.1, 0.15) is 57.4 Å². The van der Waals surface area contributed by atoms with Crippen molar-refractivity contribution in [3.05, 3.63) is 20.8 Å². The molecule has 0 radical (unpaired) electrons. The molecule has 0 aromatic carbocycles. The molecule has 4 heteroatoms. The molecule has 0 saturated carbocycles. The second-order valence-corrected chi connectivity index (χ2v) is 7.68. The van der Waals surface area contributed by atoms with Crippen LogP contribution in [0.5, 0.6) is 0 Å². The molecule has 0 aliphatic carbocycles. The monoisotopic (exact) mass is 346 g/mol. The molecule has 0 aliphatic heterocycles. The molecule has 0 amide bonds. The minimum atomic E-state index is 0.166. The second-order valence-electron chi connectivity index (χ2n) is 5.19. The van der Waals surface area contributed by atoms with Gasteiger partial charge in [0.15, 0.2) is 0 Å². The standard InChI is InChI=1S/C15H27BrN2S/c1-4-6-10-18(11-7-5-2)15(12(3)17)13-8-9-14(16)19-13/h8-9,12,15H,4-7,10-11,17H2,1-3H3. The van der Waals surface area contributed by atoms with E-state index in [9.17, 15) is 0 Å². The first-order chi connectivity index (χ1) is 9.10. The van der Waals surface area contributed by atoms with Gasteiger partial charge in [-0.3, -0.25) is 4.90 Å². The number of nitrogens with zero attached hydrogens (tertiary/aromatic N) is 1. The summed E-state index contributed by atoms with van der Waals surface area (Å²) < 4.78 is 1.19. The van der Waals surface area contributed by atoms with Crippen molar-refractivity contribution in [2.45, 2.75) is 58.5 Å². The summed E-state index contributed by atoms with van der Waals surface area (Å²) in [6.07, 6.45) is 4.98. The number of hydrogen-bond acceptors (Lipinski definition) is 3. The molecule has 19 heavy (non-hydrogen) atoms. The Kier molecular flexibility index (Phi) is 8.23. The molecule has 2 atom stereocenters. The number of unbranched alkanes of at least 4 members (excludes halogenated alkanes) is 2. The van der Waals surface area contributed by atoms with Crippen LogP contribution >= 0.6 is 27.3 Å². The normalized spacial score (nSPS) is 14.8. The van der Waals surface area contributed by atoms with Crippen LogP contribution in [0, 0.1) is 0 Å². The third kappa shape index (κ3) is 5.54. The van der Waals surface area contributed by atoms with E-state index in [1.165, 1.54) is 34.3 Å². The summed E-state index contributed by atoms with van der Waals surface area (Å²) in [7, 11) is 0. The lowest BCUT2D eigenvalue weighted by atomic mass is 10.1. The van der Waals surface area contributed by atoms with E-state index in [1.54, 1.807) is 0 Å². The molecule has 2 nitrogen and oxygen atoms in total. The van der Waals surface area contributed by atoms with Crippen LogP contribution in [0.3, 0.4) is 0 Å². The predicted molar refractivity (Wildman–Crippen MR) is 89.8 cm³/mol. The maximum absolute atomic E-state index is 6.27. The SMILES string of the molecule is CCCCN(CCCC)C(c1ccc(Br)s1)C(C)N. The van der Waals surface area contributed by atoms with Crippen molar-refractivity contribution in [1.29, 1.82) is 0 Å². The third-order valence-electron chi connectivity index (χ3n) is 3.37. The van der Waals surface area contributed by atoms with Crippen LogP contribution in [0.4, 0.5) is 0 Å². The van der Waals surface area contributed by atoms with Gasteiger partial charge in [-0.2, -0.15) is 0 Å². The summed E-state index contributed by atoms with van der Waals surface area (Å²) in [6, 6.07) is 4.87. The fourth-order valence-corrected chi connectivity index (χ4v) is 4.05. The summed E-state index contributed by atoms with van der Waals surface area (Å²) in [5.74, 6) is 0. The average Bonchev–Trinajstić information content (AvgIpc) is 2.78. The number of rotatable bonds is 9. The topological polar surface area (TPSA) is 29.3 Å². The second kappa shape index (κ2) is 9.11. The summed E-state index contributed by atoms with van der Waals surface area (Å²) in [5.41, 5.74) is 6.27. The Hall–Kier alpha value is 0.1000. The van der Waals surface area contributed by atoms with Crippen molar-refractivity contribution in [2.24, 2.45) is 5.73 Å². The van der Waals surface area contributed by atoms with Crippen molar-refractivity contribution < 1.29 is 0 Å². The van der Waals surface area contributed by atoms with Gasteiger partial charge in [-0.25, -0.2) is 0 Å². The molecule has 1 aromatic heterocycles. The van der Waals surface area contributed by atoms with Gasteiger partial charge in [0.2, 0.25) is 0 Å². The third-order valence-corrected chi connectivity index (χ3v) is 5.07. The van der Waals surface area contributed by atoms with Crippen LogP contribution < -0.4 is 5.73 Å². The van der Waals surface area contributed by atoms with Crippen molar-refractivity contribution in [3.8, 4) is 0 Å². The van der Waals surface area contributed by atoms with Gasteiger partial charge >= 0.3 is 0 Å². The van der Waals surface area contributed by atoms with Crippen LogP contribution in [-0.2, 0) is 0 Å². The van der Waals surface area contributed by atoms with Crippen molar-refractivity contribution in [2.75, 3.05) is 13.1 Å². The molecule has 1 aromatic rings. The Morgan fingerprint density at radius 2 is 1.79 bits per heavy atom. The molecule has 1 rings (SSSR count). The first kappa shape index (κ1) is 17.2. The fraction of sp³-hybridized carbons (Fsp3) is 0.733. The number of hydrogen-bond donors (Lipinski definition) is 1. The Balaban J connectivity index is 2.84. The molecular weight excluding hydrogens is 320 g/mol. The summed E-state index contributed by atoms with van der Waals surface area (Å²) in [5, 5.41) is 0. The Labute approximate surface area is 130 Å². The summed E-state index contributed by atoms with van der Waals surface area (Å²) in [4.78, 5) is 3.96. The van der Waals surface area contributed by atoms with E-state index < -0.39 is 0 Å². The summed E-state index contributed by atoms with van der Waals surface area (Å²) in [6.45, 7) is 8.93. The van der Waals surface area contributed by atoms with Gasteiger partial charge in [-0.15, -0.1) is 11.3 Å². The minimum Gasteiger partial charge on any atom is -0.326 e. The molecule has 0 aliphatic rings. The quantitative estimate of drug-likeness (QED) is 0.695. The van der Waals surface area contributed by atoms with E-state index in [2.05, 4.69) is 53.7 Å². The number of nitrogens with two attached hydrogens (primary N) is 1. The van der Waals surface area contributed by atoms with E-state index in [1.807, 2.05) is 11.3 Å². The van der Waals surface area contributed by atoms with Gasteiger partial charge in [-0.1, -0.05) is 26.7 Å². The van der Waals surface area contributed by atoms with E-state index >= 15 is 0 Å². The van der Waals surface area contributed by atoms with E-state index in [0.717, 1.165) is 13.1 Å². The highest BCUT2D eigenvalue weighted by molar-refractivity contribution is 9.11. The van der Waals surface area contributed by atoms with Gasteiger partial charge in [0.05, 0.1) is 9.83 Å². The molecule has 110 valence electrons. The summed E-state index contributed by atoms with van der Waals surface area (Å²) >= 11 is 5.38. The highest BCUT2D eigenvalue weighted by Crippen LogP contribution is 2.32. The smallest absolute Gasteiger partial charge is 0.0702 e. The van der Waals surface area contributed by atoms with Gasteiger partial charge in [0.1, 0.15) is 0 Å². The van der Waals surface area contributed by atoms with Gasteiger partial charge in [0.25, 0.3) is 0 Å². The van der Waals surface area contributed by atoms with Crippen molar-refractivity contribution in [1.82, 2.24) is 4.90 Å². The molecule has 2 unspecified atom stereocenters. The first-order valence-corrected chi connectivity index (χ1v) is 8.95. The molecule has 1 heterocycles. The van der Waals surface area contributed by atoms with Gasteiger partial charge < -0.3 is 5.73 Å². The van der Waals surface area contributed by atoms with Crippen LogP contribution in [0.15, 0.2) is 15.9 Å². The van der Waals surface area contributed by atoms with E-state index in [0.29, 0.717) is 6.04 Å². The van der Waals surface area contributed by atoms with Crippen molar-refractivity contribution in [3.63, 3.8) is 0 Å². The van der Waals surface area contributed by atoms with Gasteiger partial charge in [0, 0.05) is 10.9 Å². The highest BCUT2D eigenvalue weighted by atomic mass is 79.9. The molecule has 0 saturated heterocycles. The maximum atomic E-state index is 6.27. The first-order valence-electron chi connectivity index (χ1n) is 7.35. The lowest BCUT2D eigenvalue weighted by Crippen LogP contribution is -2.40. The highest BCUT2D eigenvalue weighted by Gasteiger charge is 2.24. The molecule has 0 spiro atoms. The number of thiophene rings is 1. The van der Waals surface area contributed by atoms with Gasteiger partial charge in [-0.05, 0) is 60.9 Å². The van der Waals surface area contributed by atoms with Crippen LogP contribution in [0.25, 0.3) is 0 Å². The minimum absolute atomic E-state index is 0.166. The van der Waals surface area contributed by atoms with Crippen LogP contribution in [-0.4, -0.2) is 24.0 Å². The fourth-order valence-electron chi connectivity index (χ4n) is 2.37. The largest absolute Gasteiger partial charge is 0.326 e. The van der Waals surface area contributed by atoms with Crippen molar-refractivity contribution >= 4 is 27.3 Å². The zero-order valence-corrected chi connectivity index (χ0v) is 14.8. The predicted octanol–water partition coefficient (Wildman–Crippen LogP) is 4.80. The Morgan fingerprint density at radius 1 is 1.21 bits per heavy atom.